The van der Waals surface area contributed by atoms with E-state index in [0.717, 1.165) is 13.8 Å². The monoisotopic (exact) mass is 243 g/mol. The zero-order chi connectivity index (χ0) is 12.3. The lowest BCUT2D eigenvalue weighted by Gasteiger charge is -2.31. The Hall–Kier alpha value is -0.800. The Labute approximate surface area is 97.7 Å². The molecule has 0 spiro atoms. The number of carbonyl (C=O) groups excluding carboxylic acids is 1. The van der Waals surface area contributed by atoms with Crippen LogP contribution in [0.25, 0.3) is 0 Å². The maximum absolute atomic E-state index is 11.5. The van der Waals surface area contributed by atoms with E-state index in [0.29, 0.717) is 12.1 Å². The topological polar surface area (TPSA) is 54.3 Å². The van der Waals surface area contributed by atoms with E-state index in [2.05, 4.69) is 42.6 Å². The Morgan fingerprint density at radius 2 is 1.94 bits per heavy atom. The molecule has 0 fully saturated rings. The summed E-state index contributed by atoms with van der Waals surface area (Å²) < 4.78 is 4.73. The number of hydrogen-bond acceptors (Lipinski definition) is 5. The van der Waals surface area contributed by atoms with Crippen molar-refractivity contribution < 1.29 is 9.53 Å². The summed E-state index contributed by atoms with van der Waals surface area (Å²) in [6, 6.07) is 0.0766. The van der Waals surface area contributed by atoms with Crippen molar-refractivity contribution in [3.05, 3.63) is 0 Å². The van der Waals surface area contributed by atoms with Crippen LogP contribution in [0.1, 0.15) is 27.7 Å². The second-order valence-corrected chi connectivity index (χ2v) is 5.02. The molecule has 0 aromatic heterocycles. The predicted octanol–water partition coefficient (Wildman–Crippen LogP) is 2.10. The first-order valence-corrected chi connectivity index (χ1v) is 6.17. The summed E-state index contributed by atoms with van der Waals surface area (Å²) in [6.45, 7) is 8.37. The average Bonchev–Trinajstić information content (AvgIpc) is 2.64. The number of methoxy groups -OCH3 is 1. The van der Waals surface area contributed by atoms with E-state index in [1.54, 1.807) is 0 Å². The third kappa shape index (κ3) is 2.66. The lowest BCUT2D eigenvalue weighted by atomic mass is 10.2. The van der Waals surface area contributed by atoms with Crippen molar-refractivity contribution in [1.29, 1.82) is 0 Å². The van der Waals surface area contributed by atoms with Gasteiger partial charge in [0.15, 0.2) is 0 Å². The van der Waals surface area contributed by atoms with Gasteiger partial charge in [-0.2, -0.15) is 5.11 Å². The molecule has 1 heterocycles. The van der Waals surface area contributed by atoms with E-state index in [-0.39, 0.29) is 5.97 Å². The fraction of sp³-hybridized carbons (Fsp3) is 0.800. The number of rotatable bonds is 4. The molecule has 90 valence electrons. The molecule has 0 aromatic carbocycles. The lowest BCUT2D eigenvalue weighted by Crippen LogP contribution is -2.47. The van der Waals surface area contributed by atoms with Crippen LogP contribution >= 0.6 is 8.35 Å². The number of carbonyl (C=O) groups is 1. The average molecular weight is 243 g/mol. The van der Waals surface area contributed by atoms with Crippen LogP contribution in [0.3, 0.4) is 0 Å². The van der Waals surface area contributed by atoms with E-state index >= 15 is 0 Å². The maximum atomic E-state index is 11.5. The van der Waals surface area contributed by atoms with Gasteiger partial charge in [-0.25, -0.2) is 4.79 Å². The first-order valence-electron chi connectivity index (χ1n) is 5.33. The molecule has 16 heavy (non-hydrogen) atoms. The van der Waals surface area contributed by atoms with Gasteiger partial charge in [-0.05, 0) is 27.7 Å². The van der Waals surface area contributed by atoms with Gasteiger partial charge in [0, 0.05) is 12.1 Å². The first kappa shape index (κ1) is 13.3. The van der Waals surface area contributed by atoms with Crippen molar-refractivity contribution in [3.63, 3.8) is 0 Å². The van der Waals surface area contributed by atoms with Gasteiger partial charge in [-0.1, -0.05) is 0 Å². The smallest absolute Gasteiger partial charge is 0.338 e. The molecular weight excluding hydrogens is 225 g/mol. The zero-order valence-electron chi connectivity index (χ0n) is 10.3. The fourth-order valence-electron chi connectivity index (χ4n) is 1.81. The van der Waals surface area contributed by atoms with Crippen molar-refractivity contribution in [3.8, 4) is 0 Å². The minimum Gasteiger partial charge on any atom is -0.467 e. The van der Waals surface area contributed by atoms with Gasteiger partial charge < -0.3 is 4.74 Å². The number of hydrogen-bond donors (Lipinski definition) is 0. The first-order chi connectivity index (χ1) is 7.49. The SMILES string of the molecule is COC(=O)C1N=NP=C1N(C(C)C)C(C)C. The van der Waals surface area contributed by atoms with Crippen molar-refractivity contribution >= 4 is 19.7 Å². The Balaban J connectivity index is 2.90. The summed E-state index contributed by atoms with van der Waals surface area (Å²) >= 11 is 0. The van der Waals surface area contributed by atoms with Crippen LogP contribution in [0, 0.1) is 0 Å². The standard InChI is InChI=1S/C10H18N3O2P/c1-6(2)13(7(3)4)9-8(10(14)15-5)11-12-16-9/h6-8H,1-5H3. The third-order valence-corrected chi connectivity index (χ3v) is 3.23. The molecule has 1 atom stereocenters. The molecule has 0 bridgehead atoms. The van der Waals surface area contributed by atoms with E-state index in [9.17, 15) is 4.79 Å². The molecule has 0 aliphatic carbocycles. The highest BCUT2D eigenvalue weighted by Gasteiger charge is 2.34. The van der Waals surface area contributed by atoms with Crippen LogP contribution in [0.2, 0.25) is 0 Å². The van der Waals surface area contributed by atoms with E-state index in [1.807, 2.05) is 0 Å². The van der Waals surface area contributed by atoms with Gasteiger partial charge in [0.1, 0.15) is 0 Å². The van der Waals surface area contributed by atoms with Gasteiger partial charge in [0.2, 0.25) is 6.04 Å². The van der Waals surface area contributed by atoms with Gasteiger partial charge >= 0.3 is 5.97 Å². The van der Waals surface area contributed by atoms with E-state index < -0.39 is 6.04 Å². The van der Waals surface area contributed by atoms with Gasteiger partial charge in [0.25, 0.3) is 0 Å². The number of nitrogens with zero attached hydrogens (tertiary/aromatic N) is 3. The van der Waals surface area contributed by atoms with Crippen molar-refractivity contribution in [1.82, 2.24) is 4.90 Å². The molecular formula is C10H18N3O2P. The Morgan fingerprint density at radius 1 is 1.38 bits per heavy atom. The predicted molar refractivity (Wildman–Crippen MR) is 64.7 cm³/mol. The Kier molecular flexibility index (Phi) is 4.56. The van der Waals surface area contributed by atoms with E-state index in [1.165, 1.54) is 7.11 Å². The molecule has 0 N–H and O–H groups in total. The van der Waals surface area contributed by atoms with Crippen LogP contribution in [0.5, 0.6) is 0 Å². The molecule has 0 radical (unpaired) electrons. The lowest BCUT2D eigenvalue weighted by molar-refractivity contribution is -0.140. The van der Waals surface area contributed by atoms with Crippen molar-refractivity contribution in [2.45, 2.75) is 45.8 Å². The van der Waals surface area contributed by atoms with Crippen LogP contribution in [-0.2, 0) is 9.53 Å². The molecule has 0 saturated heterocycles. The van der Waals surface area contributed by atoms with Crippen molar-refractivity contribution in [2.24, 2.45) is 10.00 Å². The molecule has 0 amide bonds. The molecule has 0 aromatic rings. The molecule has 1 unspecified atom stereocenters. The molecule has 6 heteroatoms. The van der Waals surface area contributed by atoms with Crippen LogP contribution in [0.15, 0.2) is 10.00 Å². The Morgan fingerprint density at radius 3 is 2.38 bits per heavy atom. The third-order valence-electron chi connectivity index (χ3n) is 2.36. The largest absolute Gasteiger partial charge is 0.467 e. The molecule has 1 aliphatic heterocycles. The van der Waals surface area contributed by atoms with Crippen molar-refractivity contribution in [2.75, 3.05) is 7.11 Å². The highest BCUT2D eigenvalue weighted by Crippen LogP contribution is 2.24. The summed E-state index contributed by atoms with van der Waals surface area (Å²) in [5.41, 5.74) is 0.914. The number of esters is 1. The summed E-state index contributed by atoms with van der Waals surface area (Å²) in [5.74, 6) is -0.338. The Bertz CT molecular complexity index is 318. The van der Waals surface area contributed by atoms with Gasteiger partial charge in [-0.15, -0.1) is 4.88 Å². The minimum atomic E-state index is -0.559. The second-order valence-electron chi connectivity index (χ2n) is 4.18. The van der Waals surface area contributed by atoms with Crippen LogP contribution < -0.4 is 0 Å². The molecule has 0 saturated carbocycles. The summed E-state index contributed by atoms with van der Waals surface area (Å²) in [7, 11) is 2.13. The molecule has 1 aliphatic rings. The zero-order valence-corrected chi connectivity index (χ0v) is 11.2. The van der Waals surface area contributed by atoms with Gasteiger partial charge in [-0.3, -0.25) is 4.90 Å². The molecule has 5 nitrogen and oxygen atoms in total. The number of ether oxygens (including phenoxy) is 1. The quantitative estimate of drug-likeness (QED) is 0.561. The van der Waals surface area contributed by atoms with Crippen LogP contribution in [-0.4, -0.2) is 41.5 Å². The highest BCUT2D eigenvalue weighted by molar-refractivity contribution is 7.39. The van der Waals surface area contributed by atoms with E-state index in [4.69, 9.17) is 4.74 Å². The van der Waals surface area contributed by atoms with Gasteiger partial charge in [0.05, 0.1) is 20.9 Å². The highest BCUT2D eigenvalue weighted by atomic mass is 31.1. The molecule has 1 rings (SSSR count). The maximum Gasteiger partial charge on any atom is 0.338 e. The second kappa shape index (κ2) is 5.51. The summed E-state index contributed by atoms with van der Waals surface area (Å²) in [5, 5.41) is 3.93. The van der Waals surface area contributed by atoms with Crippen LogP contribution in [0.4, 0.5) is 0 Å². The summed E-state index contributed by atoms with van der Waals surface area (Å²) in [6.07, 6.45) is 0. The fourth-order valence-corrected chi connectivity index (χ4v) is 2.89. The summed E-state index contributed by atoms with van der Waals surface area (Å²) in [4.78, 5) is 17.6. The minimum absolute atomic E-state index is 0.318. The normalized spacial score (nSPS) is 20.8.